The van der Waals surface area contributed by atoms with Crippen molar-refractivity contribution in [3.05, 3.63) is 11.2 Å². The average Bonchev–Trinajstić information content (AvgIpc) is 2.96. The zero-order chi connectivity index (χ0) is 15.7. The van der Waals surface area contributed by atoms with Crippen molar-refractivity contribution in [1.82, 2.24) is 9.97 Å². The summed E-state index contributed by atoms with van der Waals surface area (Å²) in [5.74, 6) is 0.721. The summed E-state index contributed by atoms with van der Waals surface area (Å²) < 4.78 is 10.7. The molecule has 3 rings (SSSR count). The standard InChI is InChI=1S/C15H22ClN3O3/c1-15(20)5-7-22-9-10(15)12-4-3-6-19(12)13-11(16)8-17-14(18-13)21-2/h8,10,12,20H,3-7,9H2,1-2H3/t10-,12+,15+/m0/s1. The van der Waals surface area contributed by atoms with Crippen LogP contribution < -0.4 is 9.64 Å². The van der Waals surface area contributed by atoms with Crippen LogP contribution in [0.25, 0.3) is 0 Å². The summed E-state index contributed by atoms with van der Waals surface area (Å²) in [5, 5.41) is 11.2. The molecule has 2 aliphatic heterocycles. The average molecular weight is 328 g/mol. The van der Waals surface area contributed by atoms with E-state index in [-0.39, 0.29) is 12.0 Å². The van der Waals surface area contributed by atoms with Gasteiger partial charge in [0, 0.05) is 25.1 Å². The second kappa shape index (κ2) is 6.18. The van der Waals surface area contributed by atoms with Crippen molar-refractivity contribution in [2.75, 3.05) is 31.8 Å². The van der Waals surface area contributed by atoms with Crippen LogP contribution in [-0.2, 0) is 4.74 Å². The van der Waals surface area contributed by atoms with Crippen molar-refractivity contribution in [3.63, 3.8) is 0 Å². The molecular formula is C15H22ClN3O3. The van der Waals surface area contributed by atoms with Crippen LogP contribution in [0.5, 0.6) is 6.01 Å². The van der Waals surface area contributed by atoms with E-state index in [0.717, 1.165) is 19.4 Å². The normalized spacial score (nSPS) is 32.3. The highest BCUT2D eigenvalue weighted by atomic mass is 35.5. The van der Waals surface area contributed by atoms with Crippen LogP contribution in [0.1, 0.15) is 26.2 Å². The molecule has 0 amide bonds. The van der Waals surface area contributed by atoms with E-state index in [1.807, 2.05) is 6.92 Å². The quantitative estimate of drug-likeness (QED) is 0.914. The third-order valence-electron chi connectivity index (χ3n) is 4.77. The summed E-state index contributed by atoms with van der Waals surface area (Å²) in [4.78, 5) is 10.6. The maximum atomic E-state index is 10.7. The van der Waals surface area contributed by atoms with Gasteiger partial charge >= 0.3 is 6.01 Å². The minimum absolute atomic E-state index is 0.0424. The van der Waals surface area contributed by atoms with Gasteiger partial charge in [0.1, 0.15) is 5.02 Å². The molecule has 0 saturated carbocycles. The van der Waals surface area contributed by atoms with Crippen LogP contribution in [0, 0.1) is 5.92 Å². The third kappa shape index (κ3) is 2.87. The molecule has 1 aromatic heterocycles. The van der Waals surface area contributed by atoms with Gasteiger partial charge in [0.2, 0.25) is 0 Å². The molecule has 1 aromatic rings. The van der Waals surface area contributed by atoms with Gasteiger partial charge in [-0.15, -0.1) is 0 Å². The Morgan fingerprint density at radius 2 is 2.36 bits per heavy atom. The molecule has 0 unspecified atom stereocenters. The van der Waals surface area contributed by atoms with Crippen molar-refractivity contribution < 1.29 is 14.6 Å². The first-order valence-corrected chi connectivity index (χ1v) is 8.04. The van der Waals surface area contributed by atoms with Crippen molar-refractivity contribution in [2.24, 2.45) is 5.92 Å². The first-order valence-electron chi connectivity index (χ1n) is 7.66. The Labute approximate surface area is 135 Å². The predicted molar refractivity (Wildman–Crippen MR) is 83.5 cm³/mol. The summed E-state index contributed by atoms with van der Waals surface area (Å²) in [5.41, 5.74) is -0.727. The van der Waals surface area contributed by atoms with Crippen molar-refractivity contribution in [3.8, 4) is 6.01 Å². The number of ether oxygens (including phenoxy) is 2. The molecule has 2 fully saturated rings. The highest BCUT2D eigenvalue weighted by Gasteiger charge is 2.44. The third-order valence-corrected chi connectivity index (χ3v) is 5.04. The molecule has 0 aromatic carbocycles. The second-order valence-corrected chi connectivity index (χ2v) is 6.63. The van der Waals surface area contributed by atoms with Gasteiger partial charge in [0.25, 0.3) is 0 Å². The largest absolute Gasteiger partial charge is 0.467 e. The minimum Gasteiger partial charge on any atom is -0.467 e. The summed E-state index contributed by atoms with van der Waals surface area (Å²) >= 11 is 6.29. The molecule has 2 aliphatic rings. The number of methoxy groups -OCH3 is 1. The van der Waals surface area contributed by atoms with Crippen molar-refractivity contribution in [1.29, 1.82) is 0 Å². The smallest absolute Gasteiger partial charge is 0.318 e. The van der Waals surface area contributed by atoms with E-state index in [4.69, 9.17) is 21.1 Å². The lowest BCUT2D eigenvalue weighted by Gasteiger charge is -2.43. The topological polar surface area (TPSA) is 67.7 Å². The molecule has 122 valence electrons. The van der Waals surface area contributed by atoms with Crippen LogP contribution in [-0.4, -0.2) is 53.6 Å². The molecule has 1 N–H and O–H groups in total. The Balaban J connectivity index is 1.90. The lowest BCUT2D eigenvalue weighted by Crippen LogP contribution is -2.52. The van der Waals surface area contributed by atoms with Gasteiger partial charge in [-0.1, -0.05) is 11.6 Å². The number of anilines is 1. The Morgan fingerprint density at radius 1 is 1.55 bits per heavy atom. The lowest BCUT2D eigenvalue weighted by atomic mass is 9.79. The highest BCUT2D eigenvalue weighted by molar-refractivity contribution is 6.32. The van der Waals surface area contributed by atoms with E-state index in [2.05, 4.69) is 14.9 Å². The zero-order valence-electron chi connectivity index (χ0n) is 13.0. The summed E-state index contributed by atoms with van der Waals surface area (Å²) in [6.45, 7) is 3.93. The Bertz CT molecular complexity index is 541. The van der Waals surface area contributed by atoms with Crippen molar-refractivity contribution in [2.45, 2.75) is 37.8 Å². The second-order valence-electron chi connectivity index (χ2n) is 6.22. The molecule has 0 radical (unpaired) electrons. The van der Waals surface area contributed by atoms with Gasteiger partial charge < -0.3 is 19.5 Å². The summed E-state index contributed by atoms with van der Waals surface area (Å²) in [7, 11) is 1.54. The maximum Gasteiger partial charge on any atom is 0.318 e. The number of hydrogen-bond acceptors (Lipinski definition) is 6. The predicted octanol–water partition coefficient (Wildman–Crippen LogP) is 1.89. The molecule has 6 nitrogen and oxygen atoms in total. The molecule has 22 heavy (non-hydrogen) atoms. The number of aliphatic hydroxyl groups is 1. The number of nitrogens with zero attached hydrogens (tertiary/aromatic N) is 3. The molecule has 3 heterocycles. The minimum atomic E-state index is -0.727. The van der Waals surface area contributed by atoms with E-state index < -0.39 is 5.60 Å². The number of rotatable bonds is 3. The van der Waals surface area contributed by atoms with E-state index in [0.29, 0.717) is 36.5 Å². The van der Waals surface area contributed by atoms with Gasteiger partial charge in [-0.2, -0.15) is 4.98 Å². The molecular weight excluding hydrogens is 306 g/mol. The monoisotopic (exact) mass is 327 g/mol. The van der Waals surface area contributed by atoms with Gasteiger partial charge in [0.15, 0.2) is 5.82 Å². The number of aromatic nitrogens is 2. The SMILES string of the molecule is COc1ncc(Cl)c(N2CCC[C@@H]2[C@@H]2COCC[C@@]2(C)O)n1. The fourth-order valence-electron chi connectivity index (χ4n) is 3.50. The first kappa shape index (κ1) is 15.8. The van der Waals surface area contributed by atoms with Gasteiger partial charge in [-0.3, -0.25) is 0 Å². The fraction of sp³-hybridized carbons (Fsp3) is 0.733. The van der Waals surface area contributed by atoms with E-state index in [1.54, 1.807) is 6.20 Å². The van der Waals surface area contributed by atoms with Gasteiger partial charge in [-0.25, -0.2) is 4.98 Å². The van der Waals surface area contributed by atoms with E-state index in [9.17, 15) is 5.11 Å². The van der Waals surface area contributed by atoms with Gasteiger partial charge in [0.05, 0.1) is 25.5 Å². The number of halogens is 1. The van der Waals surface area contributed by atoms with E-state index >= 15 is 0 Å². The fourth-order valence-corrected chi connectivity index (χ4v) is 3.70. The zero-order valence-corrected chi connectivity index (χ0v) is 13.7. The number of hydrogen-bond donors (Lipinski definition) is 1. The van der Waals surface area contributed by atoms with Gasteiger partial charge in [-0.05, 0) is 26.2 Å². The molecule has 7 heteroatoms. The molecule has 0 bridgehead atoms. The first-order chi connectivity index (χ1) is 10.5. The van der Waals surface area contributed by atoms with Crippen molar-refractivity contribution >= 4 is 17.4 Å². The molecule has 3 atom stereocenters. The Morgan fingerprint density at radius 3 is 3.09 bits per heavy atom. The van der Waals surface area contributed by atoms with Crippen LogP contribution in [0.4, 0.5) is 5.82 Å². The summed E-state index contributed by atoms with van der Waals surface area (Å²) in [6, 6.07) is 0.462. The maximum absolute atomic E-state index is 10.7. The van der Waals surface area contributed by atoms with Crippen LogP contribution in [0.2, 0.25) is 5.02 Å². The van der Waals surface area contributed by atoms with Crippen LogP contribution in [0.3, 0.4) is 0 Å². The van der Waals surface area contributed by atoms with Crippen LogP contribution in [0.15, 0.2) is 6.20 Å². The highest BCUT2D eigenvalue weighted by Crippen LogP contribution is 2.39. The Hall–Kier alpha value is -1.11. The summed E-state index contributed by atoms with van der Waals surface area (Å²) in [6.07, 6.45) is 4.25. The van der Waals surface area contributed by atoms with Crippen LogP contribution >= 0.6 is 11.6 Å². The van der Waals surface area contributed by atoms with E-state index in [1.165, 1.54) is 7.11 Å². The molecule has 0 aliphatic carbocycles. The Kier molecular flexibility index (Phi) is 4.43. The lowest BCUT2D eigenvalue weighted by molar-refractivity contribution is -0.108. The molecule has 0 spiro atoms. The molecule has 2 saturated heterocycles.